The Kier molecular flexibility index (Phi) is 8.24. The summed E-state index contributed by atoms with van der Waals surface area (Å²) in [5.74, 6) is 2.61. The van der Waals surface area contributed by atoms with Crippen LogP contribution in [0.25, 0.3) is 0 Å². The van der Waals surface area contributed by atoms with Gasteiger partial charge in [0.1, 0.15) is 29.5 Å². The molecule has 4 rings (SSSR count). The molecule has 36 heavy (non-hydrogen) atoms. The van der Waals surface area contributed by atoms with E-state index in [-0.39, 0.29) is 5.91 Å². The number of likely N-dealkylation sites (N-methyl/N-ethyl adjacent to an activating group) is 1. The van der Waals surface area contributed by atoms with E-state index in [9.17, 15) is 4.79 Å². The highest BCUT2D eigenvalue weighted by Gasteiger charge is 2.04. The quantitative estimate of drug-likeness (QED) is 0.247. The van der Waals surface area contributed by atoms with Crippen molar-refractivity contribution in [2.75, 3.05) is 36.6 Å². The first-order valence-corrected chi connectivity index (χ1v) is 11.4. The maximum absolute atomic E-state index is 12.1. The van der Waals surface area contributed by atoms with Gasteiger partial charge in [-0.2, -0.15) is 0 Å². The number of anilines is 5. The highest BCUT2D eigenvalue weighted by molar-refractivity contribution is 5.99. The third-order valence-electron chi connectivity index (χ3n) is 4.92. The predicted molar refractivity (Wildman–Crippen MR) is 144 cm³/mol. The summed E-state index contributed by atoms with van der Waals surface area (Å²) in [5, 5.41) is 9.39. The fourth-order valence-electron chi connectivity index (χ4n) is 3.25. The van der Waals surface area contributed by atoms with Crippen LogP contribution in [-0.4, -0.2) is 41.4 Å². The van der Waals surface area contributed by atoms with E-state index in [0.29, 0.717) is 23.9 Å². The molecule has 1 heterocycles. The average molecular weight is 481 g/mol. The van der Waals surface area contributed by atoms with Crippen molar-refractivity contribution >= 4 is 34.6 Å². The van der Waals surface area contributed by atoms with Crippen LogP contribution in [-0.2, 0) is 4.79 Å². The van der Waals surface area contributed by atoms with Crippen molar-refractivity contribution in [3.05, 3.63) is 103 Å². The molecule has 0 saturated carbocycles. The fourth-order valence-corrected chi connectivity index (χ4v) is 3.25. The molecule has 3 N–H and O–H groups in total. The molecule has 0 aliphatic rings. The molecular weight excluding hydrogens is 452 g/mol. The minimum atomic E-state index is -0.178. The Morgan fingerprint density at radius 3 is 2.19 bits per heavy atom. The highest BCUT2D eigenvalue weighted by atomic mass is 16.5. The second-order valence-electron chi connectivity index (χ2n) is 8.21. The number of rotatable bonds is 10. The number of ether oxygens (including phenoxy) is 1. The topological polar surface area (TPSA) is 91.4 Å². The van der Waals surface area contributed by atoms with Gasteiger partial charge in [0, 0.05) is 35.7 Å². The van der Waals surface area contributed by atoms with E-state index >= 15 is 0 Å². The Labute approximate surface area is 210 Å². The monoisotopic (exact) mass is 480 g/mol. The molecule has 1 amide bonds. The summed E-state index contributed by atoms with van der Waals surface area (Å²) < 4.78 is 5.84. The van der Waals surface area contributed by atoms with Gasteiger partial charge >= 0.3 is 0 Å². The number of benzene rings is 3. The first kappa shape index (κ1) is 24.4. The zero-order valence-corrected chi connectivity index (χ0v) is 20.2. The lowest BCUT2D eigenvalue weighted by Crippen LogP contribution is -2.12. The van der Waals surface area contributed by atoms with Crippen LogP contribution >= 0.6 is 0 Å². The van der Waals surface area contributed by atoms with Gasteiger partial charge in [-0.1, -0.05) is 30.3 Å². The average Bonchev–Trinajstić information content (AvgIpc) is 2.86. The summed E-state index contributed by atoms with van der Waals surface area (Å²) >= 11 is 0. The summed E-state index contributed by atoms with van der Waals surface area (Å²) in [6.45, 7) is 0.699. The molecule has 1 aromatic heterocycles. The van der Waals surface area contributed by atoms with E-state index in [4.69, 9.17) is 4.74 Å². The third kappa shape index (κ3) is 7.68. The van der Waals surface area contributed by atoms with Crippen molar-refractivity contribution in [2.45, 2.75) is 0 Å². The van der Waals surface area contributed by atoms with Crippen LogP contribution in [0.5, 0.6) is 11.5 Å². The number of hydrogen-bond donors (Lipinski definition) is 3. The molecule has 182 valence electrons. The van der Waals surface area contributed by atoms with Crippen LogP contribution in [0.15, 0.2) is 103 Å². The number of carbonyl (C=O) groups excluding carboxylic acids is 1. The minimum Gasteiger partial charge on any atom is -0.457 e. The molecule has 4 aromatic rings. The summed E-state index contributed by atoms with van der Waals surface area (Å²) in [4.78, 5) is 22.7. The molecule has 0 unspecified atom stereocenters. The van der Waals surface area contributed by atoms with Gasteiger partial charge in [0.05, 0.1) is 0 Å². The Morgan fingerprint density at radius 1 is 0.806 bits per heavy atom. The van der Waals surface area contributed by atoms with Gasteiger partial charge < -0.3 is 25.6 Å². The van der Waals surface area contributed by atoms with E-state index in [2.05, 4.69) is 25.9 Å². The maximum Gasteiger partial charge on any atom is 0.248 e. The number of amides is 1. The maximum atomic E-state index is 12.1. The zero-order chi connectivity index (χ0) is 25.2. The second kappa shape index (κ2) is 12.1. The molecule has 8 heteroatoms. The largest absolute Gasteiger partial charge is 0.457 e. The van der Waals surface area contributed by atoms with Gasteiger partial charge in [-0.3, -0.25) is 4.79 Å². The molecular formula is C28H28N6O2. The van der Waals surface area contributed by atoms with Crippen molar-refractivity contribution in [1.82, 2.24) is 14.9 Å². The summed E-state index contributed by atoms with van der Waals surface area (Å²) in [5.41, 5.74) is 2.34. The molecule has 0 bridgehead atoms. The lowest BCUT2D eigenvalue weighted by Gasteiger charge is -2.11. The van der Waals surface area contributed by atoms with Crippen molar-refractivity contribution in [3.63, 3.8) is 0 Å². The van der Waals surface area contributed by atoms with E-state index in [0.717, 1.165) is 22.9 Å². The number of nitrogens with zero attached hydrogens (tertiary/aromatic N) is 3. The Bertz CT molecular complexity index is 1310. The van der Waals surface area contributed by atoms with Crippen LogP contribution in [0.1, 0.15) is 0 Å². The van der Waals surface area contributed by atoms with Gasteiger partial charge in [-0.15, -0.1) is 0 Å². The molecule has 0 saturated heterocycles. The lowest BCUT2D eigenvalue weighted by molar-refractivity contribution is -0.111. The van der Waals surface area contributed by atoms with E-state index < -0.39 is 0 Å². The van der Waals surface area contributed by atoms with Crippen molar-refractivity contribution in [1.29, 1.82) is 0 Å². The van der Waals surface area contributed by atoms with Gasteiger partial charge in [0.2, 0.25) is 5.91 Å². The third-order valence-corrected chi connectivity index (χ3v) is 4.92. The molecule has 0 radical (unpaired) electrons. The van der Waals surface area contributed by atoms with Crippen LogP contribution < -0.4 is 20.7 Å². The van der Waals surface area contributed by atoms with Gasteiger partial charge in [-0.05, 0) is 68.7 Å². The fraction of sp³-hybridized carbons (Fsp3) is 0.107. The van der Waals surface area contributed by atoms with Crippen LogP contribution in [0.4, 0.5) is 28.7 Å². The molecule has 0 fully saturated rings. The molecule has 3 aromatic carbocycles. The molecule has 0 spiro atoms. The normalized spacial score (nSPS) is 10.9. The van der Waals surface area contributed by atoms with E-state index in [1.54, 1.807) is 0 Å². The van der Waals surface area contributed by atoms with Gasteiger partial charge in [0.15, 0.2) is 0 Å². The number of para-hydroxylation sites is 1. The number of hydrogen-bond acceptors (Lipinski definition) is 7. The smallest absolute Gasteiger partial charge is 0.248 e. The number of carbonyl (C=O) groups is 1. The van der Waals surface area contributed by atoms with Crippen LogP contribution in [0.3, 0.4) is 0 Å². The van der Waals surface area contributed by atoms with Crippen LogP contribution in [0.2, 0.25) is 0 Å². The summed E-state index contributed by atoms with van der Waals surface area (Å²) in [7, 11) is 3.90. The lowest BCUT2D eigenvalue weighted by atomic mass is 10.2. The van der Waals surface area contributed by atoms with Gasteiger partial charge in [0.25, 0.3) is 0 Å². The second-order valence-corrected chi connectivity index (χ2v) is 8.21. The highest BCUT2D eigenvalue weighted by Crippen LogP contribution is 2.25. The molecule has 0 aliphatic carbocycles. The number of aromatic nitrogens is 2. The zero-order valence-electron chi connectivity index (χ0n) is 20.2. The molecule has 0 aliphatic heterocycles. The van der Waals surface area contributed by atoms with Crippen molar-refractivity contribution in [2.24, 2.45) is 0 Å². The predicted octanol–water partition coefficient (Wildman–Crippen LogP) is 5.81. The van der Waals surface area contributed by atoms with Crippen LogP contribution in [0, 0.1) is 0 Å². The Balaban J connectivity index is 1.35. The summed E-state index contributed by atoms with van der Waals surface area (Å²) in [6, 6.07) is 26.5. The standard InChI is InChI=1S/C28H28N6O2/c1-34(2)17-7-12-28(35)33-23-9-6-8-22(18-23)32-27-19-26(29-20-30-27)31-21-13-15-25(16-14-21)36-24-10-4-3-5-11-24/h3-16,18-20H,17H2,1-2H3,(H,33,35)(H2,29,30,31,32). The molecule has 0 atom stereocenters. The van der Waals surface area contributed by atoms with E-state index in [1.807, 2.05) is 110 Å². The first-order valence-electron chi connectivity index (χ1n) is 11.4. The van der Waals surface area contributed by atoms with Crippen molar-refractivity contribution < 1.29 is 9.53 Å². The first-order chi connectivity index (χ1) is 17.5. The van der Waals surface area contributed by atoms with Gasteiger partial charge in [-0.25, -0.2) is 9.97 Å². The molecule has 8 nitrogen and oxygen atoms in total. The Hall–Kier alpha value is -4.69. The van der Waals surface area contributed by atoms with Crippen molar-refractivity contribution in [3.8, 4) is 11.5 Å². The Morgan fingerprint density at radius 2 is 1.47 bits per heavy atom. The van der Waals surface area contributed by atoms with E-state index in [1.165, 1.54) is 12.4 Å². The minimum absolute atomic E-state index is 0.178. The number of nitrogens with one attached hydrogen (secondary N) is 3. The SMILES string of the molecule is CN(C)CC=CC(=O)Nc1cccc(Nc2cc(Nc3ccc(Oc4ccccc4)cc3)ncn2)c1. The summed E-state index contributed by atoms with van der Waals surface area (Å²) in [6.07, 6.45) is 4.83.